The van der Waals surface area contributed by atoms with E-state index >= 15 is 0 Å². The van der Waals surface area contributed by atoms with Crippen molar-refractivity contribution in [1.29, 1.82) is 0 Å². The third kappa shape index (κ3) is 7.55. The van der Waals surface area contributed by atoms with E-state index < -0.39 is 11.6 Å². The maximum atomic E-state index is 14.1. The molecule has 10 nitrogen and oxygen atoms in total. The van der Waals surface area contributed by atoms with Crippen LogP contribution >= 0.6 is 0 Å². The second-order valence-electron chi connectivity index (χ2n) is 10.1. The molecule has 42 heavy (non-hydrogen) atoms. The molecule has 0 radical (unpaired) electrons. The Labute approximate surface area is 245 Å². The van der Waals surface area contributed by atoms with Gasteiger partial charge in [0.25, 0.3) is 5.91 Å². The van der Waals surface area contributed by atoms with Crippen LogP contribution in [0.2, 0.25) is 0 Å². The van der Waals surface area contributed by atoms with Crippen molar-refractivity contribution in [3.05, 3.63) is 118 Å². The van der Waals surface area contributed by atoms with Crippen LogP contribution in [0.5, 0.6) is 5.75 Å². The van der Waals surface area contributed by atoms with Gasteiger partial charge in [-0.15, -0.1) is 0 Å². The number of aliphatic hydroxyl groups excluding tert-OH is 1. The average molecular weight is 569 g/mol. The number of hydrogen-bond donors (Lipinski definition) is 3. The van der Waals surface area contributed by atoms with E-state index in [0.717, 1.165) is 11.1 Å². The second kappa shape index (κ2) is 14.8. The molecule has 3 N–H and O–H groups in total. The van der Waals surface area contributed by atoms with E-state index in [1.54, 1.807) is 12.1 Å². The highest BCUT2D eigenvalue weighted by molar-refractivity contribution is 6.01. The van der Waals surface area contributed by atoms with Gasteiger partial charge < -0.3 is 14.6 Å². The fourth-order valence-corrected chi connectivity index (χ4v) is 4.59. The highest BCUT2D eigenvalue weighted by atomic mass is 16.5. The zero-order chi connectivity index (χ0) is 29.8. The van der Waals surface area contributed by atoms with Crippen LogP contribution in [0.3, 0.4) is 0 Å². The van der Waals surface area contributed by atoms with Crippen molar-refractivity contribution in [2.45, 2.75) is 50.9 Å². The molecule has 0 unspecified atom stereocenters. The molecule has 0 saturated heterocycles. The second-order valence-corrected chi connectivity index (χ2v) is 10.1. The van der Waals surface area contributed by atoms with Gasteiger partial charge in [0.2, 0.25) is 5.90 Å². The van der Waals surface area contributed by atoms with Gasteiger partial charge in [-0.05, 0) is 60.3 Å². The van der Waals surface area contributed by atoms with Gasteiger partial charge in [-0.3, -0.25) is 10.2 Å². The number of aliphatic hydroxyl groups is 1. The molecule has 1 heterocycles. The summed E-state index contributed by atoms with van der Waals surface area (Å²) < 4.78 is 12.2. The van der Waals surface area contributed by atoms with Gasteiger partial charge in [-0.2, -0.15) is 0 Å². The van der Waals surface area contributed by atoms with Crippen LogP contribution in [-0.2, 0) is 16.1 Å². The molecule has 0 fully saturated rings. The number of nitrogens with zero attached hydrogens (tertiary/aromatic N) is 4. The number of carbonyl (C=O) groups excluding carboxylic acids is 1. The van der Waals surface area contributed by atoms with Crippen molar-refractivity contribution >= 4 is 17.9 Å². The number of hydrazine groups is 1. The summed E-state index contributed by atoms with van der Waals surface area (Å²) in [5, 5.41) is 12.8. The molecule has 1 aliphatic rings. The highest BCUT2D eigenvalue weighted by Crippen LogP contribution is 2.44. The predicted molar refractivity (Wildman–Crippen MR) is 163 cm³/mol. The molecule has 3 aromatic rings. The monoisotopic (exact) mass is 568 g/mol. The number of azide groups is 1. The number of amides is 1. The largest absolute Gasteiger partial charge is 0.494 e. The summed E-state index contributed by atoms with van der Waals surface area (Å²) >= 11 is 0. The Balaban J connectivity index is 1.78. The zero-order valence-corrected chi connectivity index (χ0v) is 23.8. The minimum atomic E-state index is -1.38. The summed E-state index contributed by atoms with van der Waals surface area (Å²) in [7, 11) is 0. The third-order valence-electron chi connectivity index (χ3n) is 6.69. The fourth-order valence-electron chi connectivity index (χ4n) is 4.59. The summed E-state index contributed by atoms with van der Waals surface area (Å²) in [5.41, 5.74) is 16.6. The molecule has 0 saturated carbocycles. The Morgan fingerprint density at radius 3 is 2.60 bits per heavy atom. The minimum Gasteiger partial charge on any atom is -0.494 e. The van der Waals surface area contributed by atoms with Crippen LogP contribution < -0.4 is 15.6 Å². The molecule has 10 heteroatoms. The van der Waals surface area contributed by atoms with E-state index in [1.807, 2.05) is 92.7 Å². The van der Waals surface area contributed by atoms with E-state index in [2.05, 4.69) is 20.9 Å². The minimum absolute atomic E-state index is 0.00860. The summed E-state index contributed by atoms with van der Waals surface area (Å²) in [6.45, 7) is 4.42. The quantitative estimate of drug-likeness (QED) is 0.0758. The van der Waals surface area contributed by atoms with Gasteiger partial charge in [0, 0.05) is 36.0 Å². The molecule has 218 valence electrons. The molecule has 0 bridgehead atoms. The van der Waals surface area contributed by atoms with Crippen LogP contribution in [0.4, 0.5) is 0 Å². The summed E-state index contributed by atoms with van der Waals surface area (Å²) in [4.78, 5) is 22.0. The first-order chi connectivity index (χ1) is 20.5. The van der Waals surface area contributed by atoms with Crippen LogP contribution in [0, 0.1) is 0 Å². The smallest absolute Gasteiger partial charge is 0.266 e. The van der Waals surface area contributed by atoms with Crippen molar-refractivity contribution in [3.63, 3.8) is 0 Å². The van der Waals surface area contributed by atoms with Gasteiger partial charge in [0.05, 0.1) is 13.2 Å². The lowest BCUT2D eigenvalue weighted by Gasteiger charge is -2.31. The first kappa shape index (κ1) is 30.3. The molecule has 2 atom stereocenters. The Kier molecular flexibility index (Phi) is 10.7. The van der Waals surface area contributed by atoms with Crippen molar-refractivity contribution in [1.82, 2.24) is 10.9 Å². The Morgan fingerprint density at radius 2 is 1.88 bits per heavy atom. The summed E-state index contributed by atoms with van der Waals surface area (Å²) in [6, 6.07) is 24.5. The average Bonchev–Trinajstić information content (AvgIpc) is 3.40. The molecule has 0 aromatic heterocycles. The number of hydrogen-bond acceptors (Lipinski definition) is 7. The lowest BCUT2D eigenvalue weighted by molar-refractivity contribution is -0.130. The fraction of sp³-hybridized carbons (Fsp3) is 0.312. The van der Waals surface area contributed by atoms with Crippen molar-refractivity contribution in [2.75, 3.05) is 13.2 Å². The Morgan fingerprint density at radius 1 is 1.14 bits per heavy atom. The highest BCUT2D eigenvalue weighted by Gasteiger charge is 2.53. The zero-order valence-electron chi connectivity index (χ0n) is 23.8. The molecular formula is C32H36N6O4. The molecule has 0 aliphatic carbocycles. The maximum Gasteiger partial charge on any atom is 0.266 e. The van der Waals surface area contributed by atoms with Crippen LogP contribution in [0.25, 0.3) is 16.5 Å². The number of ether oxygens (including phenoxy) is 2. The summed E-state index contributed by atoms with van der Waals surface area (Å²) in [6.07, 6.45) is 3.85. The topological polar surface area (TPSA) is 141 Å². The molecule has 3 aromatic carbocycles. The number of aliphatic imine (C=N–C) groups is 1. The van der Waals surface area contributed by atoms with Gasteiger partial charge in [-0.1, -0.05) is 71.9 Å². The predicted octanol–water partition coefficient (Wildman–Crippen LogP) is 5.65. The molecule has 1 amide bonds. The van der Waals surface area contributed by atoms with Gasteiger partial charge in [-0.25, -0.2) is 10.4 Å². The van der Waals surface area contributed by atoms with E-state index in [9.17, 15) is 4.79 Å². The van der Waals surface area contributed by atoms with Crippen molar-refractivity contribution in [2.24, 2.45) is 10.1 Å². The molecule has 4 rings (SSSR count). The van der Waals surface area contributed by atoms with Crippen LogP contribution in [-0.4, -0.2) is 41.7 Å². The van der Waals surface area contributed by atoms with Gasteiger partial charge in [0.15, 0.2) is 11.6 Å². The van der Waals surface area contributed by atoms with Crippen molar-refractivity contribution in [3.8, 4) is 5.75 Å². The number of benzene rings is 3. The molecular weight excluding hydrogens is 532 g/mol. The Bertz CT molecular complexity index is 1430. The third-order valence-corrected chi connectivity index (χ3v) is 6.69. The number of carbonyl (C=O) groups is 1. The van der Waals surface area contributed by atoms with E-state index in [1.165, 1.54) is 0 Å². The first-order valence-electron chi connectivity index (χ1n) is 13.9. The Hall–Kier alpha value is -4.63. The normalized spacial score (nSPS) is 17.9. The van der Waals surface area contributed by atoms with E-state index in [4.69, 9.17) is 25.1 Å². The lowest BCUT2D eigenvalue weighted by Crippen LogP contribution is -2.54. The van der Waals surface area contributed by atoms with Gasteiger partial charge >= 0.3 is 0 Å². The number of nitrogens with one attached hydrogen (secondary N) is 2. The van der Waals surface area contributed by atoms with Crippen LogP contribution in [0.1, 0.15) is 55.0 Å². The summed E-state index contributed by atoms with van der Waals surface area (Å²) in [5.74, 6) is 0.614. The first-order valence-corrected chi connectivity index (χ1v) is 13.9. The van der Waals surface area contributed by atoms with Gasteiger partial charge in [0.1, 0.15) is 5.75 Å². The molecule has 1 aliphatic heterocycles. The van der Waals surface area contributed by atoms with E-state index in [-0.39, 0.29) is 31.5 Å². The molecule has 0 spiro atoms. The van der Waals surface area contributed by atoms with Crippen LogP contribution in [0.15, 0.2) is 95.0 Å². The van der Waals surface area contributed by atoms with E-state index in [0.29, 0.717) is 35.8 Å². The SMILES string of the molecule is CC(C)NNC(=O)[C@@]1(C/C=C/c2ccccc2)N=C(c2ccc(OCCCO)cc2)O[C@H]1c1ccccc1CN=[N+]=[N-]. The lowest BCUT2D eigenvalue weighted by atomic mass is 9.82. The van der Waals surface area contributed by atoms with Crippen molar-refractivity contribution < 1.29 is 19.4 Å². The maximum absolute atomic E-state index is 14.1. The standard InChI is InChI=1S/C32H36N6O4/c1-23(2)36-37-31(40)32(19-8-12-24-10-4-3-5-11-24)29(28-14-7-6-13-26(28)22-34-38-33)42-30(35-32)25-15-17-27(18-16-25)41-21-9-20-39/h3-8,10-18,23,29,36,39H,9,19-22H2,1-2H3,(H,37,40)/b12-8+/t29-,32-/m0/s1. The number of rotatable bonds is 14.